The van der Waals surface area contributed by atoms with Crippen molar-refractivity contribution in [2.24, 2.45) is 4.99 Å². The zero-order valence-corrected chi connectivity index (χ0v) is 10.7. The lowest BCUT2D eigenvalue weighted by molar-refractivity contribution is 0.479. The average Bonchev–Trinajstić information content (AvgIpc) is 2.84. The summed E-state index contributed by atoms with van der Waals surface area (Å²) in [6.45, 7) is 0.958. The molecule has 0 bridgehead atoms. The van der Waals surface area contributed by atoms with Gasteiger partial charge in [0.25, 0.3) is 0 Å². The first kappa shape index (κ1) is 11.7. The van der Waals surface area contributed by atoms with Crippen LogP contribution in [0, 0.1) is 0 Å². The molecule has 1 saturated carbocycles. The molecular formula is C10H21N3S. The normalized spacial score (nSPS) is 17.5. The monoisotopic (exact) mass is 215 g/mol. The first-order chi connectivity index (χ1) is 6.51. The Labute approximate surface area is 91.6 Å². The van der Waals surface area contributed by atoms with Crippen LogP contribution in [0.2, 0.25) is 0 Å². The summed E-state index contributed by atoms with van der Waals surface area (Å²) in [7, 11) is 8.16. The highest BCUT2D eigenvalue weighted by Crippen LogP contribution is 2.47. The van der Waals surface area contributed by atoms with E-state index >= 15 is 0 Å². The van der Waals surface area contributed by atoms with Crippen LogP contribution in [0.15, 0.2) is 4.99 Å². The number of rotatable bonds is 3. The maximum atomic E-state index is 4.68. The Morgan fingerprint density at radius 2 is 1.71 bits per heavy atom. The van der Waals surface area contributed by atoms with Crippen molar-refractivity contribution < 1.29 is 0 Å². The molecule has 0 spiro atoms. The van der Waals surface area contributed by atoms with E-state index < -0.39 is 0 Å². The Hall–Kier alpha value is -0.380. The summed E-state index contributed by atoms with van der Waals surface area (Å²) in [6.07, 6.45) is 4.84. The van der Waals surface area contributed by atoms with Crippen molar-refractivity contribution in [2.75, 3.05) is 41.0 Å². The first-order valence-electron chi connectivity index (χ1n) is 4.95. The molecule has 0 atom stereocenters. The van der Waals surface area contributed by atoms with Gasteiger partial charge < -0.3 is 9.80 Å². The summed E-state index contributed by atoms with van der Waals surface area (Å²) in [5, 5.41) is 0. The topological polar surface area (TPSA) is 18.8 Å². The van der Waals surface area contributed by atoms with Crippen LogP contribution in [0.25, 0.3) is 0 Å². The molecule has 4 heteroatoms. The molecule has 1 aliphatic carbocycles. The van der Waals surface area contributed by atoms with E-state index in [1.165, 1.54) is 12.8 Å². The van der Waals surface area contributed by atoms with Crippen LogP contribution >= 0.6 is 11.8 Å². The van der Waals surface area contributed by atoms with Gasteiger partial charge in [-0.05, 0) is 19.1 Å². The Balaban J connectivity index is 2.55. The van der Waals surface area contributed by atoms with Gasteiger partial charge in [-0.1, -0.05) is 0 Å². The van der Waals surface area contributed by atoms with Crippen LogP contribution in [-0.4, -0.2) is 61.5 Å². The summed E-state index contributed by atoms with van der Waals surface area (Å²) < 4.78 is 0.470. The molecule has 0 aromatic rings. The molecule has 0 heterocycles. The number of thioether (sulfide) groups is 1. The molecule has 1 rings (SSSR count). The Morgan fingerprint density at radius 1 is 1.21 bits per heavy atom. The maximum absolute atomic E-state index is 4.68. The molecule has 1 fully saturated rings. The van der Waals surface area contributed by atoms with Crippen molar-refractivity contribution in [1.82, 2.24) is 9.80 Å². The van der Waals surface area contributed by atoms with E-state index in [9.17, 15) is 0 Å². The van der Waals surface area contributed by atoms with Crippen molar-refractivity contribution in [2.45, 2.75) is 17.6 Å². The molecule has 3 nitrogen and oxygen atoms in total. The van der Waals surface area contributed by atoms with E-state index in [4.69, 9.17) is 0 Å². The molecule has 0 saturated heterocycles. The van der Waals surface area contributed by atoms with Gasteiger partial charge in [0, 0.05) is 32.9 Å². The van der Waals surface area contributed by atoms with Crippen molar-refractivity contribution in [3.05, 3.63) is 0 Å². The van der Waals surface area contributed by atoms with Crippen LogP contribution in [0.4, 0.5) is 0 Å². The molecule has 1 aliphatic rings. The SMILES string of the molecule is CSC1(CN=C(N(C)C)N(C)C)CC1. The average molecular weight is 215 g/mol. The number of hydrogen-bond donors (Lipinski definition) is 0. The Bertz CT molecular complexity index is 209. The maximum Gasteiger partial charge on any atom is 0.195 e. The van der Waals surface area contributed by atoms with Crippen LogP contribution < -0.4 is 0 Å². The molecule has 0 amide bonds. The molecule has 0 unspecified atom stereocenters. The number of hydrogen-bond acceptors (Lipinski definition) is 2. The van der Waals surface area contributed by atoms with Crippen LogP contribution in [0.3, 0.4) is 0 Å². The van der Waals surface area contributed by atoms with Gasteiger partial charge in [0.1, 0.15) is 0 Å². The third kappa shape index (κ3) is 2.80. The zero-order valence-electron chi connectivity index (χ0n) is 9.87. The van der Waals surface area contributed by atoms with Gasteiger partial charge in [-0.2, -0.15) is 11.8 Å². The minimum Gasteiger partial charge on any atom is -0.349 e. The van der Waals surface area contributed by atoms with Crippen LogP contribution in [0.5, 0.6) is 0 Å². The molecule has 82 valence electrons. The highest BCUT2D eigenvalue weighted by atomic mass is 32.2. The standard InChI is InChI=1S/C10H21N3S/c1-12(2)9(13(3)4)11-8-10(14-5)6-7-10/h6-8H2,1-5H3. The molecular weight excluding hydrogens is 194 g/mol. The third-order valence-corrected chi connectivity index (χ3v) is 3.95. The summed E-state index contributed by atoms with van der Waals surface area (Å²) >= 11 is 1.96. The fourth-order valence-corrected chi connectivity index (χ4v) is 2.17. The number of aliphatic imine (C=N–C) groups is 1. The van der Waals surface area contributed by atoms with Crippen molar-refractivity contribution in [1.29, 1.82) is 0 Å². The fourth-order valence-electron chi connectivity index (χ4n) is 1.46. The van der Waals surface area contributed by atoms with E-state index in [2.05, 4.69) is 21.0 Å². The predicted octanol–water partition coefficient (Wildman–Crippen LogP) is 1.36. The van der Waals surface area contributed by atoms with Crippen molar-refractivity contribution >= 4 is 17.7 Å². The van der Waals surface area contributed by atoms with Gasteiger partial charge >= 0.3 is 0 Å². The fraction of sp³-hybridized carbons (Fsp3) is 0.900. The quantitative estimate of drug-likeness (QED) is 0.523. The van der Waals surface area contributed by atoms with Crippen LogP contribution in [0.1, 0.15) is 12.8 Å². The lowest BCUT2D eigenvalue weighted by Crippen LogP contribution is -2.36. The van der Waals surface area contributed by atoms with Crippen molar-refractivity contribution in [3.63, 3.8) is 0 Å². The molecule has 0 radical (unpaired) electrons. The highest BCUT2D eigenvalue weighted by Gasteiger charge is 2.41. The van der Waals surface area contributed by atoms with E-state index in [0.29, 0.717) is 4.75 Å². The Kier molecular flexibility index (Phi) is 3.70. The summed E-state index contributed by atoms with van der Waals surface area (Å²) in [4.78, 5) is 8.81. The van der Waals surface area contributed by atoms with Gasteiger partial charge in [-0.3, -0.25) is 4.99 Å². The van der Waals surface area contributed by atoms with Gasteiger partial charge in [0.05, 0.1) is 6.54 Å². The molecule has 0 N–H and O–H groups in total. The van der Waals surface area contributed by atoms with E-state index in [-0.39, 0.29) is 0 Å². The van der Waals surface area contributed by atoms with E-state index in [1.807, 2.05) is 40.0 Å². The highest BCUT2D eigenvalue weighted by molar-refractivity contribution is 8.00. The third-order valence-electron chi connectivity index (χ3n) is 2.55. The predicted molar refractivity (Wildman–Crippen MR) is 65.2 cm³/mol. The van der Waals surface area contributed by atoms with Gasteiger partial charge in [0.15, 0.2) is 5.96 Å². The Morgan fingerprint density at radius 3 is 2.00 bits per heavy atom. The molecule has 0 aliphatic heterocycles. The molecule has 0 aromatic heterocycles. The summed E-state index contributed by atoms with van der Waals surface area (Å²) in [5.74, 6) is 1.06. The lowest BCUT2D eigenvalue weighted by atomic mass is 10.4. The van der Waals surface area contributed by atoms with E-state index in [1.54, 1.807) is 0 Å². The molecule has 0 aromatic carbocycles. The van der Waals surface area contributed by atoms with Gasteiger partial charge in [-0.25, -0.2) is 0 Å². The van der Waals surface area contributed by atoms with Gasteiger partial charge in [0.2, 0.25) is 0 Å². The van der Waals surface area contributed by atoms with Gasteiger partial charge in [-0.15, -0.1) is 0 Å². The second kappa shape index (κ2) is 4.43. The number of nitrogens with zero attached hydrogens (tertiary/aromatic N) is 3. The minimum atomic E-state index is 0.470. The van der Waals surface area contributed by atoms with E-state index in [0.717, 1.165) is 12.5 Å². The summed E-state index contributed by atoms with van der Waals surface area (Å²) in [5.41, 5.74) is 0. The zero-order chi connectivity index (χ0) is 10.8. The smallest absolute Gasteiger partial charge is 0.195 e. The summed E-state index contributed by atoms with van der Waals surface area (Å²) in [6, 6.07) is 0. The lowest BCUT2D eigenvalue weighted by Gasteiger charge is -2.23. The second-order valence-electron chi connectivity index (χ2n) is 4.29. The second-order valence-corrected chi connectivity index (χ2v) is 5.57. The largest absolute Gasteiger partial charge is 0.349 e. The number of guanidine groups is 1. The first-order valence-corrected chi connectivity index (χ1v) is 6.17. The minimum absolute atomic E-state index is 0.470. The molecule has 14 heavy (non-hydrogen) atoms. The van der Waals surface area contributed by atoms with Crippen LogP contribution in [-0.2, 0) is 0 Å². The van der Waals surface area contributed by atoms with Crippen molar-refractivity contribution in [3.8, 4) is 0 Å².